The van der Waals surface area contributed by atoms with E-state index >= 15 is 0 Å². The Balaban J connectivity index is 2.72. The lowest BCUT2D eigenvalue weighted by atomic mass is 9.82. The molecule has 1 heterocycles. The molecule has 0 aromatic heterocycles. The zero-order valence-electron chi connectivity index (χ0n) is 16.2. The lowest BCUT2D eigenvalue weighted by Gasteiger charge is -2.28. The molecule has 1 atom stereocenters. The molecule has 0 radical (unpaired) electrons. The van der Waals surface area contributed by atoms with Crippen LogP contribution in [0.4, 0.5) is 0 Å². The maximum atomic E-state index is 12.7. The summed E-state index contributed by atoms with van der Waals surface area (Å²) < 4.78 is 21.4. The number of dihydropyridines is 1. The fourth-order valence-electron chi connectivity index (χ4n) is 3.01. The van der Waals surface area contributed by atoms with Gasteiger partial charge in [0.1, 0.15) is 6.61 Å². The van der Waals surface area contributed by atoms with Crippen molar-refractivity contribution in [2.45, 2.75) is 12.8 Å². The Morgan fingerprint density at radius 3 is 2.36 bits per heavy atom. The lowest BCUT2D eigenvalue weighted by Crippen LogP contribution is -2.28. The first-order valence-corrected chi connectivity index (χ1v) is 8.77. The average Bonchev–Trinajstić information content (AvgIpc) is 2.70. The third-order valence-corrected chi connectivity index (χ3v) is 4.59. The second kappa shape index (κ2) is 9.24. The molecule has 0 saturated heterocycles. The van der Waals surface area contributed by atoms with Crippen molar-refractivity contribution in [1.82, 2.24) is 5.32 Å². The van der Waals surface area contributed by atoms with Gasteiger partial charge in [0.15, 0.2) is 11.5 Å². The molecule has 0 bridgehead atoms. The molecule has 8 heteroatoms. The number of nitriles is 1. The molecule has 2 rings (SSSR count). The molecule has 1 aliphatic rings. The van der Waals surface area contributed by atoms with Crippen LogP contribution < -0.4 is 19.5 Å². The van der Waals surface area contributed by atoms with Gasteiger partial charge in [0, 0.05) is 5.70 Å². The summed E-state index contributed by atoms with van der Waals surface area (Å²) in [5.74, 6) is -0.0514. The van der Waals surface area contributed by atoms with Gasteiger partial charge < -0.3 is 24.3 Å². The highest BCUT2D eigenvalue weighted by Gasteiger charge is 2.35. The number of nitrogens with zero attached hydrogens (tertiary/aromatic N) is 1. The van der Waals surface area contributed by atoms with Crippen LogP contribution in [0.5, 0.6) is 17.2 Å². The van der Waals surface area contributed by atoms with Gasteiger partial charge in [-0.2, -0.15) is 5.26 Å². The highest BCUT2D eigenvalue weighted by Crippen LogP contribution is 2.45. The minimum atomic E-state index is -0.718. The second-order valence-electron chi connectivity index (χ2n) is 5.82. The molecule has 1 N–H and O–H groups in total. The summed E-state index contributed by atoms with van der Waals surface area (Å²) in [5.41, 5.74) is 1.71. The first-order chi connectivity index (χ1) is 13.4. The zero-order chi connectivity index (χ0) is 20.8. The Bertz CT molecular complexity index is 873. The predicted octanol–water partition coefficient (Wildman–Crippen LogP) is 3.07. The molecule has 1 aromatic rings. The van der Waals surface area contributed by atoms with E-state index in [1.807, 2.05) is 0 Å². The highest BCUT2D eigenvalue weighted by atomic mass is 32.1. The van der Waals surface area contributed by atoms with Gasteiger partial charge in [0.2, 0.25) is 5.75 Å². The number of esters is 1. The van der Waals surface area contributed by atoms with Gasteiger partial charge in [0.05, 0.1) is 49.5 Å². The SMILES string of the molecule is C=CCOC(=O)C1=C(C)NC(S)=C(C#N)[C@@H]1c1cc(OC)c(OC)c(OC)c1. The van der Waals surface area contributed by atoms with Gasteiger partial charge in [-0.15, -0.1) is 12.6 Å². The largest absolute Gasteiger partial charge is 0.493 e. The maximum absolute atomic E-state index is 12.7. The predicted molar refractivity (Wildman–Crippen MR) is 107 cm³/mol. The second-order valence-corrected chi connectivity index (χ2v) is 6.26. The van der Waals surface area contributed by atoms with Crippen LogP contribution in [0.2, 0.25) is 0 Å². The van der Waals surface area contributed by atoms with Crippen molar-refractivity contribution in [2.24, 2.45) is 0 Å². The van der Waals surface area contributed by atoms with Crippen molar-refractivity contribution < 1.29 is 23.7 Å². The van der Waals surface area contributed by atoms with Crippen LogP contribution >= 0.6 is 12.6 Å². The number of rotatable bonds is 7. The topological polar surface area (TPSA) is 89.8 Å². The van der Waals surface area contributed by atoms with E-state index in [4.69, 9.17) is 18.9 Å². The fourth-order valence-corrected chi connectivity index (χ4v) is 3.36. The average molecular weight is 402 g/mol. The fraction of sp³-hybridized carbons (Fsp3) is 0.300. The van der Waals surface area contributed by atoms with Crippen molar-refractivity contribution in [3.63, 3.8) is 0 Å². The van der Waals surface area contributed by atoms with Crippen LogP contribution in [0.25, 0.3) is 0 Å². The van der Waals surface area contributed by atoms with E-state index in [-0.39, 0.29) is 12.2 Å². The number of carbonyl (C=O) groups is 1. The summed E-state index contributed by atoms with van der Waals surface area (Å²) in [6, 6.07) is 5.53. The Morgan fingerprint density at radius 2 is 1.89 bits per heavy atom. The summed E-state index contributed by atoms with van der Waals surface area (Å²) >= 11 is 4.38. The molecule has 148 valence electrons. The number of benzene rings is 1. The van der Waals surface area contributed by atoms with E-state index in [1.54, 1.807) is 19.1 Å². The van der Waals surface area contributed by atoms with Gasteiger partial charge >= 0.3 is 5.97 Å². The molecule has 0 amide bonds. The Labute approximate surface area is 169 Å². The first kappa shape index (κ1) is 21.3. The van der Waals surface area contributed by atoms with Crippen LogP contribution in [0.1, 0.15) is 18.4 Å². The standard InChI is InChI=1S/C20H22N2O5S/c1-6-7-27-20(23)16-11(2)22-19(28)13(10-21)17(16)12-8-14(24-3)18(26-5)15(9-12)25-4/h6,8-9,17,22,28H,1,7H2,2-5H3/t17-/m0/s1. The van der Waals surface area contributed by atoms with Crippen molar-refractivity contribution in [2.75, 3.05) is 27.9 Å². The number of methoxy groups -OCH3 is 3. The molecule has 0 saturated carbocycles. The van der Waals surface area contributed by atoms with E-state index in [1.165, 1.54) is 27.4 Å². The van der Waals surface area contributed by atoms with Crippen LogP contribution in [0.3, 0.4) is 0 Å². The molecule has 0 spiro atoms. The molecule has 0 aliphatic carbocycles. The summed E-state index contributed by atoms with van der Waals surface area (Å²) in [6.45, 7) is 5.33. The van der Waals surface area contributed by atoms with Crippen molar-refractivity contribution in [3.8, 4) is 23.3 Å². The molecular weight excluding hydrogens is 380 g/mol. The van der Waals surface area contributed by atoms with Crippen molar-refractivity contribution in [1.29, 1.82) is 5.26 Å². The van der Waals surface area contributed by atoms with Crippen molar-refractivity contribution in [3.05, 3.63) is 52.2 Å². The van der Waals surface area contributed by atoms with Gasteiger partial charge in [-0.05, 0) is 24.6 Å². The summed E-state index contributed by atoms with van der Waals surface area (Å²) in [5, 5.41) is 13.0. The summed E-state index contributed by atoms with van der Waals surface area (Å²) in [4.78, 5) is 12.7. The highest BCUT2D eigenvalue weighted by molar-refractivity contribution is 7.84. The number of hydrogen-bond acceptors (Lipinski definition) is 8. The van der Waals surface area contributed by atoms with Gasteiger partial charge in [-0.3, -0.25) is 0 Å². The molecule has 28 heavy (non-hydrogen) atoms. The molecular formula is C20H22N2O5S. The molecule has 7 nitrogen and oxygen atoms in total. The number of carbonyl (C=O) groups excluding carboxylic acids is 1. The van der Waals surface area contributed by atoms with E-state index < -0.39 is 11.9 Å². The van der Waals surface area contributed by atoms with Gasteiger partial charge in [0.25, 0.3) is 0 Å². The molecule has 1 aliphatic heterocycles. The molecule has 0 fully saturated rings. The van der Waals surface area contributed by atoms with E-state index in [0.717, 1.165) is 0 Å². The Morgan fingerprint density at radius 1 is 1.29 bits per heavy atom. The monoisotopic (exact) mass is 402 g/mol. The van der Waals surface area contributed by atoms with Crippen LogP contribution in [0.15, 0.2) is 46.7 Å². The normalized spacial score (nSPS) is 16.1. The minimum absolute atomic E-state index is 0.0525. The number of thiol groups is 1. The number of ether oxygens (including phenoxy) is 4. The third-order valence-electron chi connectivity index (χ3n) is 4.24. The first-order valence-electron chi connectivity index (χ1n) is 8.32. The van der Waals surface area contributed by atoms with Gasteiger partial charge in [-0.1, -0.05) is 12.7 Å². The van der Waals surface area contributed by atoms with Crippen molar-refractivity contribution >= 4 is 18.6 Å². The molecule has 1 aromatic carbocycles. The summed E-state index contributed by atoms with van der Waals surface area (Å²) in [7, 11) is 4.49. The zero-order valence-corrected chi connectivity index (χ0v) is 17.1. The van der Waals surface area contributed by atoms with E-state index in [2.05, 4.69) is 30.6 Å². The molecule has 0 unspecified atom stereocenters. The lowest BCUT2D eigenvalue weighted by molar-refractivity contribution is -0.138. The number of nitrogens with one attached hydrogen (secondary N) is 1. The van der Waals surface area contributed by atoms with E-state index in [9.17, 15) is 10.1 Å². The maximum Gasteiger partial charge on any atom is 0.337 e. The smallest absolute Gasteiger partial charge is 0.337 e. The Hall–Kier alpha value is -3.05. The number of hydrogen-bond donors (Lipinski definition) is 2. The Kier molecular flexibility index (Phi) is 7.01. The summed E-state index contributed by atoms with van der Waals surface area (Å²) in [6.07, 6.45) is 1.48. The van der Waals surface area contributed by atoms with Gasteiger partial charge in [-0.25, -0.2) is 4.79 Å². The van der Waals surface area contributed by atoms with Crippen LogP contribution in [-0.4, -0.2) is 33.9 Å². The van der Waals surface area contributed by atoms with E-state index in [0.29, 0.717) is 39.1 Å². The third kappa shape index (κ3) is 3.94. The van der Waals surface area contributed by atoms with Crippen LogP contribution in [0, 0.1) is 11.3 Å². The van der Waals surface area contributed by atoms with Crippen LogP contribution in [-0.2, 0) is 9.53 Å². The minimum Gasteiger partial charge on any atom is -0.493 e. The quantitative estimate of drug-likeness (QED) is 0.412. The number of allylic oxidation sites excluding steroid dienone is 2.